The molecule has 2 unspecified atom stereocenters. The monoisotopic (exact) mass is 411 g/mol. The van der Waals surface area contributed by atoms with Crippen LogP contribution in [-0.2, 0) is 16.8 Å². The van der Waals surface area contributed by atoms with E-state index in [9.17, 15) is 4.79 Å². The molecule has 0 bridgehead atoms. The van der Waals surface area contributed by atoms with Gasteiger partial charge >= 0.3 is 0 Å². The summed E-state index contributed by atoms with van der Waals surface area (Å²) in [5.74, 6) is 0.731. The SMILES string of the molecule is CC1CC2(CCCCC2)N2C(=O)C3(NCCc4c3[nH]c3ccccc43)c3cccc1c32. The molecule has 4 aliphatic rings. The molecule has 31 heavy (non-hydrogen) atoms. The number of rotatable bonds is 0. The van der Waals surface area contributed by atoms with Gasteiger partial charge in [-0.05, 0) is 48.8 Å². The number of carbonyl (C=O) groups is 1. The van der Waals surface area contributed by atoms with Gasteiger partial charge in [0, 0.05) is 28.6 Å². The van der Waals surface area contributed by atoms with E-state index in [1.807, 2.05) is 0 Å². The van der Waals surface area contributed by atoms with Crippen LogP contribution in [0.4, 0.5) is 5.69 Å². The van der Waals surface area contributed by atoms with E-state index in [0.717, 1.165) is 43.4 Å². The predicted octanol–water partition coefficient (Wildman–Crippen LogP) is 5.11. The standard InChI is InChI=1S/C27H29N3O/c1-17-16-26(13-5-2-6-14-26)30-23-18(17)9-7-10-21(23)27(25(30)31)24-20(12-15-28-27)19-8-3-4-11-22(19)29-24/h3-4,7-11,17,28-29H,2,5-6,12-16H2,1H3. The van der Waals surface area contributed by atoms with E-state index in [2.05, 4.69) is 64.6 Å². The van der Waals surface area contributed by atoms with Crippen LogP contribution in [-0.4, -0.2) is 23.0 Å². The highest BCUT2D eigenvalue weighted by Gasteiger charge is 2.62. The maximum absolute atomic E-state index is 14.6. The van der Waals surface area contributed by atoms with Gasteiger partial charge in [-0.3, -0.25) is 10.1 Å². The van der Waals surface area contributed by atoms with Gasteiger partial charge < -0.3 is 9.88 Å². The maximum Gasteiger partial charge on any atom is 0.258 e. The fraction of sp³-hybridized carbons (Fsp3) is 0.444. The highest BCUT2D eigenvalue weighted by Crippen LogP contribution is 2.58. The van der Waals surface area contributed by atoms with Crippen molar-refractivity contribution in [2.75, 3.05) is 11.4 Å². The minimum atomic E-state index is -0.785. The summed E-state index contributed by atoms with van der Waals surface area (Å²) in [7, 11) is 0. The quantitative estimate of drug-likeness (QED) is 0.540. The summed E-state index contributed by atoms with van der Waals surface area (Å²) >= 11 is 0. The summed E-state index contributed by atoms with van der Waals surface area (Å²) in [6.07, 6.45) is 8.05. The van der Waals surface area contributed by atoms with E-state index < -0.39 is 5.54 Å². The summed E-state index contributed by atoms with van der Waals surface area (Å²) in [5, 5.41) is 5.01. The fourth-order valence-corrected chi connectivity index (χ4v) is 7.41. The van der Waals surface area contributed by atoms with E-state index in [-0.39, 0.29) is 11.4 Å². The Morgan fingerprint density at radius 1 is 1.03 bits per heavy atom. The second kappa shape index (κ2) is 6.01. The highest BCUT2D eigenvalue weighted by atomic mass is 16.2. The third-order valence-electron chi connectivity index (χ3n) is 8.65. The number of para-hydroxylation sites is 2. The number of carbonyl (C=O) groups excluding carboxylic acids is 1. The number of aromatic nitrogens is 1. The minimum Gasteiger partial charge on any atom is -0.356 e. The molecule has 4 heterocycles. The zero-order valence-electron chi connectivity index (χ0n) is 18.1. The fourth-order valence-electron chi connectivity index (χ4n) is 7.41. The Balaban J connectivity index is 1.53. The lowest BCUT2D eigenvalue weighted by molar-refractivity contribution is -0.124. The first-order chi connectivity index (χ1) is 15.2. The summed E-state index contributed by atoms with van der Waals surface area (Å²) in [4.78, 5) is 20.6. The van der Waals surface area contributed by atoms with Gasteiger partial charge in [0.25, 0.3) is 5.91 Å². The van der Waals surface area contributed by atoms with Crippen LogP contribution in [0.25, 0.3) is 10.9 Å². The molecule has 1 amide bonds. The first kappa shape index (κ1) is 18.0. The van der Waals surface area contributed by atoms with Gasteiger partial charge in [-0.15, -0.1) is 0 Å². The van der Waals surface area contributed by atoms with Crippen molar-refractivity contribution in [2.24, 2.45) is 0 Å². The number of aromatic amines is 1. The first-order valence-corrected chi connectivity index (χ1v) is 12.0. The van der Waals surface area contributed by atoms with Crippen LogP contribution >= 0.6 is 0 Å². The molecule has 1 fully saturated rings. The normalized spacial score (nSPS) is 28.4. The number of hydrogen-bond acceptors (Lipinski definition) is 2. The van der Waals surface area contributed by atoms with Gasteiger partial charge in [0.15, 0.2) is 5.54 Å². The maximum atomic E-state index is 14.6. The van der Waals surface area contributed by atoms with Gasteiger partial charge in [0.05, 0.1) is 11.4 Å². The van der Waals surface area contributed by atoms with E-state index >= 15 is 0 Å². The van der Waals surface area contributed by atoms with Gasteiger partial charge in [-0.2, -0.15) is 0 Å². The van der Waals surface area contributed by atoms with Crippen LogP contribution in [0.15, 0.2) is 42.5 Å². The van der Waals surface area contributed by atoms with Gasteiger partial charge in [0.2, 0.25) is 0 Å². The van der Waals surface area contributed by atoms with E-state index in [1.165, 1.54) is 47.0 Å². The lowest BCUT2D eigenvalue weighted by Gasteiger charge is -2.50. The number of fused-ring (bicyclic) bond motifs is 6. The van der Waals surface area contributed by atoms with Crippen molar-refractivity contribution < 1.29 is 4.79 Å². The molecular weight excluding hydrogens is 382 g/mol. The molecule has 4 nitrogen and oxygen atoms in total. The van der Waals surface area contributed by atoms with Crippen LogP contribution in [0.3, 0.4) is 0 Å². The van der Waals surface area contributed by atoms with Gasteiger partial charge in [-0.25, -0.2) is 0 Å². The topological polar surface area (TPSA) is 48.1 Å². The Morgan fingerprint density at radius 3 is 2.74 bits per heavy atom. The largest absolute Gasteiger partial charge is 0.356 e. The number of amides is 1. The molecule has 1 saturated carbocycles. The molecule has 1 aliphatic carbocycles. The van der Waals surface area contributed by atoms with Crippen molar-refractivity contribution in [2.45, 2.75) is 68.9 Å². The Hall–Kier alpha value is -2.59. The Kier molecular flexibility index (Phi) is 3.49. The number of hydrogen-bond donors (Lipinski definition) is 2. The van der Waals surface area contributed by atoms with Crippen LogP contribution in [0.1, 0.15) is 73.8 Å². The molecule has 3 aliphatic heterocycles. The zero-order chi connectivity index (χ0) is 20.8. The summed E-state index contributed by atoms with van der Waals surface area (Å²) in [6.45, 7) is 3.18. The average molecular weight is 412 g/mol. The third-order valence-corrected chi connectivity index (χ3v) is 8.65. The molecule has 4 heteroatoms. The van der Waals surface area contributed by atoms with Crippen molar-refractivity contribution in [1.82, 2.24) is 10.3 Å². The molecule has 7 rings (SSSR count). The van der Waals surface area contributed by atoms with Crippen LogP contribution in [0, 0.1) is 0 Å². The lowest BCUT2D eigenvalue weighted by Crippen LogP contribution is -2.61. The van der Waals surface area contributed by atoms with Crippen LogP contribution in [0.5, 0.6) is 0 Å². The summed E-state index contributed by atoms with van der Waals surface area (Å²) in [6, 6.07) is 15.1. The minimum absolute atomic E-state index is 0.0212. The second-order valence-corrected chi connectivity index (χ2v) is 10.2. The average Bonchev–Trinajstić information content (AvgIpc) is 3.29. The smallest absolute Gasteiger partial charge is 0.258 e. The van der Waals surface area contributed by atoms with Gasteiger partial charge in [-0.1, -0.05) is 62.6 Å². The van der Waals surface area contributed by atoms with E-state index in [0.29, 0.717) is 5.92 Å². The van der Waals surface area contributed by atoms with E-state index in [1.54, 1.807) is 0 Å². The lowest BCUT2D eigenvalue weighted by atomic mass is 9.70. The Bertz CT molecular complexity index is 1230. The van der Waals surface area contributed by atoms with Gasteiger partial charge in [0.1, 0.15) is 0 Å². The number of anilines is 1. The molecule has 0 saturated heterocycles. The second-order valence-electron chi connectivity index (χ2n) is 10.2. The van der Waals surface area contributed by atoms with Crippen molar-refractivity contribution >= 4 is 22.5 Å². The predicted molar refractivity (Wildman–Crippen MR) is 124 cm³/mol. The molecule has 158 valence electrons. The Morgan fingerprint density at radius 2 is 1.87 bits per heavy atom. The van der Waals surface area contributed by atoms with Crippen molar-refractivity contribution in [3.8, 4) is 0 Å². The van der Waals surface area contributed by atoms with Crippen LogP contribution in [0.2, 0.25) is 0 Å². The number of nitrogens with one attached hydrogen (secondary N) is 2. The molecule has 0 radical (unpaired) electrons. The van der Waals surface area contributed by atoms with Crippen LogP contribution < -0.4 is 10.2 Å². The Labute approximate surface area is 183 Å². The number of H-pyrrole nitrogens is 1. The van der Waals surface area contributed by atoms with Crippen molar-refractivity contribution in [1.29, 1.82) is 0 Å². The molecule has 2 atom stereocenters. The molecule has 3 aromatic rings. The van der Waals surface area contributed by atoms with Crippen molar-refractivity contribution in [3.05, 3.63) is 64.8 Å². The van der Waals surface area contributed by atoms with E-state index in [4.69, 9.17) is 0 Å². The molecular formula is C27H29N3O. The number of nitrogens with zero attached hydrogens (tertiary/aromatic N) is 1. The summed E-state index contributed by atoms with van der Waals surface area (Å²) < 4.78 is 0. The van der Waals surface area contributed by atoms with Crippen molar-refractivity contribution in [3.63, 3.8) is 0 Å². The molecule has 1 aromatic heterocycles. The zero-order valence-corrected chi connectivity index (χ0v) is 18.1. The summed E-state index contributed by atoms with van der Waals surface area (Å²) in [5.41, 5.74) is 6.45. The molecule has 2 spiro atoms. The third kappa shape index (κ3) is 2.07. The highest BCUT2D eigenvalue weighted by molar-refractivity contribution is 6.13. The molecule has 2 aromatic carbocycles. The number of benzene rings is 2. The molecule has 2 N–H and O–H groups in total. The first-order valence-electron chi connectivity index (χ1n) is 12.0.